The molecule has 0 spiro atoms. The van der Waals surface area contributed by atoms with Crippen LogP contribution in [0, 0.1) is 11.6 Å². The summed E-state index contributed by atoms with van der Waals surface area (Å²) in [6, 6.07) is 6.12. The number of carbonyl (C=O) groups is 1. The van der Waals surface area contributed by atoms with Crippen molar-refractivity contribution in [2.45, 2.75) is 25.4 Å². The maximum Gasteiger partial charge on any atom is 0.259 e. The number of hydrogen-bond donors (Lipinski definition) is 1. The van der Waals surface area contributed by atoms with E-state index in [0.29, 0.717) is 62.0 Å². The van der Waals surface area contributed by atoms with Crippen molar-refractivity contribution in [3.63, 3.8) is 0 Å². The summed E-state index contributed by atoms with van der Waals surface area (Å²) in [5, 5.41) is 3.11. The molecule has 0 bridgehead atoms. The molecule has 2 saturated heterocycles. The maximum absolute atomic E-state index is 13.9. The Morgan fingerprint density at radius 3 is 2.47 bits per heavy atom. The maximum atomic E-state index is 13.9. The molecule has 11 heteroatoms. The summed E-state index contributed by atoms with van der Waals surface area (Å²) >= 11 is 0. The second-order valence-electron chi connectivity index (χ2n) is 10.1. The number of hydrogen-bond acceptors (Lipinski definition) is 7. The van der Waals surface area contributed by atoms with E-state index in [9.17, 15) is 18.4 Å². The molecular formula is C27H32F2N6O3. The third-order valence-electron chi connectivity index (χ3n) is 7.25. The molecule has 1 N–H and O–H groups in total. The number of anilines is 2. The summed E-state index contributed by atoms with van der Waals surface area (Å²) in [5.74, 6) is -1.06. The monoisotopic (exact) mass is 526 g/mol. The van der Waals surface area contributed by atoms with Gasteiger partial charge in [0.1, 0.15) is 23.1 Å². The Kier molecular flexibility index (Phi) is 7.31. The summed E-state index contributed by atoms with van der Waals surface area (Å²) in [5.41, 5.74) is 1.22. The number of nitrogens with one attached hydrogen (secondary N) is 1. The van der Waals surface area contributed by atoms with Gasteiger partial charge in [-0.3, -0.25) is 14.0 Å². The van der Waals surface area contributed by atoms with Crippen LogP contribution in [-0.4, -0.2) is 84.6 Å². The number of likely N-dealkylation sites (N-methyl/N-ethyl adjacent to an activating group) is 1. The molecule has 2 aliphatic rings. The summed E-state index contributed by atoms with van der Waals surface area (Å²) in [7, 11) is 3.99. The summed E-state index contributed by atoms with van der Waals surface area (Å²) in [4.78, 5) is 37.5. The highest BCUT2D eigenvalue weighted by molar-refractivity contribution is 5.95. The topological polar surface area (TPSA) is 82.4 Å². The first-order valence-corrected chi connectivity index (χ1v) is 12.8. The molecule has 0 aliphatic carbocycles. The number of rotatable bonds is 6. The van der Waals surface area contributed by atoms with Crippen molar-refractivity contribution >= 4 is 23.1 Å². The van der Waals surface area contributed by atoms with Crippen LogP contribution in [0.1, 0.15) is 35.3 Å². The minimum absolute atomic E-state index is 0.175. The molecule has 1 aromatic carbocycles. The largest absolute Gasteiger partial charge is 0.378 e. The van der Waals surface area contributed by atoms with Gasteiger partial charge in [-0.15, -0.1) is 0 Å². The lowest BCUT2D eigenvalue weighted by atomic mass is 10.1. The molecule has 2 fully saturated rings. The third kappa shape index (κ3) is 5.34. The summed E-state index contributed by atoms with van der Waals surface area (Å²) in [6.07, 6.45) is 2.41. The number of aromatic nitrogens is 2. The lowest BCUT2D eigenvalue weighted by Crippen LogP contribution is -2.38. The fourth-order valence-electron chi connectivity index (χ4n) is 5.10. The van der Waals surface area contributed by atoms with E-state index in [1.54, 1.807) is 17.9 Å². The normalized spacial score (nSPS) is 18.8. The zero-order valence-corrected chi connectivity index (χ0v) is 21.8. The number of likely N-dealkylation sites (tertiary alicyclic amines) is 1. The highest BCUT2D eigenvalue weighted by Gasteiger charge is 2.29. The minimum atomic E-state index is -0.707. The molecule has 38 heavy (non-hydrogen) atoms. The molecule has 0 radical (unpaired) electrons. The highest BCUT2D eigenvalue weighted by atomic mass is 19.1. The predicted molar refractivity (Wildman–Crippen MR) is 141 cm³/mol. The Balaban J connectivity index is 1.58. The van der Waals surface area contributed by atoms with E-state index in [2.05, 4.69) is 10.2 Å². The van der Waals surface area contributed by atoms with Gasteiger partial charge in [0, 0.05) is 61.8 Å². The second kappa shape index (κ2) is 10.7. The van der Waals surface area contributed by atoms with Crippen molar-refractivity contribution in [3.8, 4) is 0 Å². The number of nitrogens with zero attached hydrogens (tertiary/aromatic N) is 5. The van der Waals surface area contributed by atoms with Crippen LogP contribution in [0.15, 0.2) is 41.3 Å². The molecular weight excluding hydrogens is 494 g/mol. The van der Waals surface area contributed by atoms with Gasteiger partial charge in [-0.05, 0) is 45.6 Å². The molecule has 4 heterocycles. The van der Waals surface area contributed by atoms with Crippen LogP contribution in [0.2, 0.25) is 0 Å². The van der Waals surface area contributed by atoms with E-state index in [-0.39, 0.29) is 23.2 Å². The molecule has 0 saturated carbocycles. The number of fused-ring (bicyclic) bond motifs is 1. The number of amides is 1. The van der Waals surface area contributed by atoms with E-state index in [0.717, 1.165) is 12.5 Å². The van der Waals surface area contributed by atoms with Gasteiger partial charge in [0.15, 0.2) is 0 Å². The van der Waals surface area contributed by atoms with Crippen LogP contribution in [0.25, 0.3) is 5.65 Å². The Morgan fingerprint density at radius 1 is 1.11 bits per heavy atom. The first kappa shape index (κ1) is 26.1. The van der Waals surface area contributed by atoms with Gasteiger partial charge in [-0.25, -0.2) is 13.8 Å². The zero-order valence-electron chi connectivity index (χ0n) is 21.8. The third-order valence-corrected chi connectivity index (χ3v) is 7.25. The van der Waals surface area contributed by atoms with Crippen LogP contribution < -0.4 is 15.8 Å². The molecule has 0 unspecified atom stereocenters. The average Bonchev–Trinajstić information content (AvgIpc) is 3.38. The van der Waals surface area contributed by atoms with Gasteiger partial charge in [0.25, 0.3) is 11.5 Å². The second-order valence-corrected chi connectivity index (χ2v) is 10.1. The molecule has 1 amide bonds. The van der Waals surface area contributed by atoms with Crippen molar-refractivity contribution in [3.05, 3.63) is 69.6 Å². The lowest BCUT2D eigenvalue weighted by Gasteiger charge is -2.28. The standard InChI is InChI=1S/C27H32F2N6O3/c1-17(30-21-12-19(28)11-20(29)13-21)23-10-18(27(37)34-5-4-22(16-34)32(2)3)15-35-25(36)14-24(31-26(23)35)33-6-8-38-9-7-33/h10-15,17,22,30H,4-9,16H2,1-3H3/t17-,22-/m1/s1. The first-order valence-electron chi connectivity index (χ1n) is 12.8. The summed E-state index contributed by atoms with van der Waals surface area (Å²) < 4.78 is 34.6. The molecule has 9 nitrogen and oxygen atoms in total. The zero-order chi connectivity index (χ0) is 27.0. The lowest BCUT2D eigenvalue weighted by molar-refractivity contribution is 0.0782. The van der Waals surface area contributed by atoms with Crippen LogP contribution in [0.4, 0.5) is 20.3 Å². The van der Waals surface area contributed by atoms with Gasteiger partial charge in [-0.2, -0.15) is 0 Å². The van der Waals surface area contributed by atoms with E-state index in [1.165, 1.54) is 28.8 Å². The molecule has 2 aromatic heterocycles. The number of morpholine rings is 1. The molecule has 2 atom stereocenters. The van der Waals surface area contributed by atoms with Gasteiger partial charge in [0.2, 0.25) is 0 Å². The van der Waals surface area contributed by atoms with Crippen LogP contribution in [0.5, 0.6) is 0 Å². The van der Waals surface area contributed by atoms with Crippen LogP contribution >= 0.6 is 0 Å². The van der Waals surface area contributed by atoms with Crippen molar-refractivity contribution in [1.82, 2.24) is 19.2 Å². The average molecular weight is 527 g/mol. The quantitative estimate of drug-likeness (QED) is 0.529. The van der Waals surface area contributed by atoms with Gasteiger partial charge < -0.3 is 24.8 Å². The van der Waals surface area contributed by atoms with Crippen LogP contribution in [0.3, 0.4) is 0 Å². The van der Waals surface area contributed by atoms with Gasteiger partial charge >= 0.3 is 0 Å². The predicted octanol–water partition coefficient (Wildman–Crippen LogP) is 2.76. The Hall–Kier alpha value is -3.57. The van der Waals surface area contributed by atoms with Crippen molar-refractivity contribution in [1.29, 1.82) is 0 Å². The molecule has 5 rings (SSSR count). The van der Waals surface area contributed by atoms with Crippen molar-refractivity contribution in [2.24, 2.45) is 0 Å². The van der Waals surface area contributed by atoms with E-state index in [4.69, 9.17) is 9.72 Å². The Bertz CT molecular complexity index is 1390. The molecule has 3 aromatic rings. The van der Waals surface area contributed by atoms with Crippen molar-refractivity contribution < 1.29 is 18.3 Å². The Labute approximate surface area is 219 Å². The van der Waals surface area contributed by atoms with Crippen LogP contribution in [-0.2, 0) is 4.74 Å². The highest BCUT2D eigenvalue weighted by Crippen LogP contribution is 2.27. The first-order chi connectivity index (χ1) is 18.2. The Morgan fingerprint density at radius 2 is 1.82 bits per heavy atom. The van der Waals surface area contributed by atoms with Gasteiger partial charge in [0.05, 0.1) is 24.8 Å². The van der Waals surface area contributed by atoms with Crippen molar-refractivity contribution in [2.75, 3.05) is 63.7 Å². The van der Waals surface area contributed by atoms with E-state index < -0.39 is 17.7 Å². The van der Waals surface area contributed by atoms with E-state index in [1.807, 2.05) is 19.0 Å². The smallest absolute Gasteiger partial charge is 0.259 e. The number of halogens is 2. The minimum Gasteiger partial charge on any atom is -0.378 e. The van der Waals surface area contributed by atoms with Gasteiger partial charge in [-0.1, -0.05) is 0 Å². The number of ether oxygens (including phenoxy) is 1. The number of carbonyl (C=O) groups excluding carboxylic acids is 1. The number of benzene rings is 1. The fraction of sp³-hybridized carbons (Fsp3) is 0.444. The molecule has 2 aliphatic heterocycles. The molecule has 202 valence electrons. The summed E-state index contributed by atoms with van der Waals surface area (Å²) in [6.45, 7) is 5.30. The van der Waals surface area contributed by atoms with E-state index >= 15 is 0 Å². The number of pyridine rings is 1. The fourth-order valence-corrected chi connectivity index (χ4v) is 5.10. The SMILES string of the molecule is C[C@@H](Nc1cc(F)cc(F)c1)c1cc(C(=O)N2CC[C@@H](N(C)C)C2)cn2c(=O)cc(N3CCOCC3)nc12.